The van der Waals surface area contributed by atoms with Crippen LogP contribution in [0.15, 0.2) is 29.3 Å². The van der Waals surface area contributed by atoms with Gasteiger partial charge in [0.2, 0.25) is 5.71 Å². The first kappa shape index (κ1) is 10.9. The van der Waals surface area contributed by atoms with E-state index in [-0.39, 0.29) is 17.3 Å². The molecule has 90 valence electrons. The van der Waals surface area contributed by atoms with E-state index in [0.717, 1.165) is 25.9 Å². The fourth-order valence-electron chi connectivity index (χ4n) is 2.39. The molecule has 5 heteroatoms. The summed E-state index contributed by atoms with van der Waals surface area (Å²) in [4.78, 5) is 21.6. The number of carbonyl (C=O) groups is 1. The van der Waals surface area contributed by atoms with E-state index in [2.05, 4.69) is 9.78 Å². The zero-order valence-electron chi connectivity index (χ0n) is 9.83. The summed E-state index contributed by atoms with van der Waals surface area (Å²) in [5.74, 6) is -0.142. The molecule has 0 bridgehead atoms. The Bertz CT molecular complexity index is 593. The summed E-state index contributed by atoms with van der Waals surface area (Å²) in [6, 6.07) is 7.30. The monoisotopic (exact) mass is 240 g/mol. The lowest BCUT2D eigenvalue weighted by atomic mass is 10.1. The molecule has 0 saturated carbocycles. The second-order valence-corrected chi connectivity index (χ2v) is 4.43. The van der Waals surface area contributed by atoms with Gasteiger partial charge in [0.1, 0.15) is 0 Å². The topological polar surface area (TPSA) is 69.1 Å². The minimum absolute atomic E-state index is 0.142. The molecule has 2 heterocycles. The molecule has 0 aliphatic carbocycles. The minimum Gasteiger partial charge on any atom is -0.361 e. The molecule has 2 aliphatic heterocycles. The van der Waals surface area contributed by atoms with Crippen LogP contribution in [0.5, 0.6) is 0 Å². The third kappa shape index (κ3) is 1.57. The molecule has 0 atom stereocenters. The molecular formula is C13H12N4O. The fourth-order valence-corrected chi connectivity index (χ4v) is 2.39. The Morgan fingerprint density at radius 2 is 2.00 bits per heavy atom. The van der Waals surface area contributed by atoms with Gasteiger partial charge in [0.05, 0.1) is 11.3 Å². The average molecular weight is 240 g/mol. The lowest BCUT2D eigenvalue weighted by Gasteiger charge is -2.12. The first-order chi connectivity index (χ1) is 8.81. The predicted molar refractivity (Wildman–Crippen MR) is 67.1 cm³/mol. The number of amides is 1. The van der Waals surface area contributed by atoms with Gasteiger partial charge in [-0.25, -0.2) is 4.99 Å². The number of rotatable bonds is 1. The Morgan fingerprint density at radius 3 is 2.72 bits per heavy atom. The van der Waals surface area contributed by atoms with Gasteiger partial charge >= 0.3 is 5.71 Å². The molecule has 0 N–H and O–H groups in total. The number of carbonyl (C=O) groups excluding carboxylic acids is 1. The quantitative estimate of drug-likeness (QED) is 0.540. The number of aliphatic imine (C=N–C) groups is 1. The number of hydrogen-bond donors (Lipinski definition) is 0. The number of fused-ring (bicyclic) bond motifs is 1. The van der Waals surface area contributed by atoms with Crippen molar-refractivity contribution in [3.8, 4) is 0 Å². The van der Waals surface area contributed by atoms with Crippen LogP contribution in [0.4, 0.5) is 5.69 Å². The van der Waals surface area contributed by atoms with Crippen LogP contribution < -0.4 is 0 Å². The maximum atomic E-state index is 12.3. The average Bonchev–Trinajstić information content (AvgIpc) is 3.04. The van der Waals surface area contributed by atoms with Crippen LogP contribution >= 0.6 is 0 Å². The molecule has 0 radical (unpaired) electrons. The van der Waals surface area contributed by atoms with Crippen LogP contribution in [0.1, 0.15) is 18.4 Å². The van der Waals surface area contributed by atoms with E-state index in [1.165, 1.54) is 0 Å². The van der Waals surface area contributed by atoms with Crippen LogP contribution in [-0.2, 0) is 4.79 Å². The molecule has 1 amide bonds. The molecular weight excluding hydrogens is 228 g/mol. The van der Waals surface area contributed by atoms with Crippen molar-refractivity contribution in [3.63, 3.8) is 0 Å². The van der Waals surface area contributed by atoms with Gasteiger partial charge < -0.3 is 10.4 Å². The molecule has 0 spiro atoms. The molecule has 1 fully saturated rings. The Morgan fingerprint density at radius 1 is 1.28 bits per heavy atom. The minimum atomic E-state index is -0.142. The zero-order chi connectivity index (χ0) is 12.5. The zero-order valence-corrected chi connectivity index (χ0v) is 9.83. The summed E-state index contributed by atoms with van der Waals surface area (Å²) in [6.07, 6.45) is 2.05. The van der Waals surface area contributed by atoms with Crippen LogP contribution in [0.2, 0.25) is 0 Å². The second kappa shape index (κ2) is 4.20. The van der Waals surface area contributed by atoms with Crippen LogP contribution in [0.25, 0.3) is 5.53 Å². The normalized spacial score (nSPS) is 17.4. The highest BCUT2D eigenvalue weighted by atomic mass is 16.2. The van der Waals surface area contributed by atoms with Crippen LogP contribution in [0.3, 0.4) is 0 Å². The van der Waals surface area contributed by atoms with E-state index in [9.17, 15) is 4.79 Å². The largest absolute Gasteiger partial charge is 0.361 e. The van der Waals surface area contributed by atoms with Gasteiger partial charge in [0, 0.05) is 13.1 Å². The maximum Gasteiger partial charge on any atom is 0.355 e. The van der Waals surface area contributed by atoms with Gasteiger partial charge in [-0.2, -0.15) is 4.79 Å². The summed E-state index contributed by atoms with van der Waals surface area (Å²) in [6.45, 7) is 1.51. The summed E-state index contributed by atoms with van der Waals surface area (Å²) in [5, 5.41) is 0. The molecule has 5 nitrogen and oxygen atoms in total. The highest BCUT2D eigenvalue weighted by molar-refractivity contribution is 6.71. The molecule has 3 rings (SSSR count). The first-order valence-corrected chi connectivity index (χ1v) is 6.01. The van der Waals surface area contributed by atoms with E-state index in [0.29, 0.717) is 11.3 Å². The third-order valence-electron chi connectivity index (χ3n) is 3.31. The van der Waals surface area contributed by atoms with Gasteiger partial charge in [0.15, 0.2) is 0 Å². The Kier molecular flexibility index (Phi) is 2.54. The molecule has 2 aliphatic rings. The first-order valence-electron chi connectivity index (χ1n) is 6.01. The Labute approximate surface area is 104 Å². The van der Waals surface area contributed by atoms with Crippen LogP contribution in [0, 0.1) is 0 Å². The highest BCUT2D eigenvalue weighted by Gasteiger charge is 2.37. The van der Waals surface area contributed by atoms with Gasteiger partial charge in [-0.3, -0.25) is 4.79 Å². The Balaban J connectivity index is 1.99. The summed E-state index contributed by atoms with van der Waals surface area (Å²) in [5.41, 5.74) is 11.0. The van der Waals surface area contributed by atoms with E-state index in [1.54, 1.807) is 11.0 Å². The molecule has 0 aromatic heterocycles. The summed E-state index contributed by atoms with van der Waals surface area (Å²) >= 11 is 0. The molecule has 18 heavy (non-hydrogen) atoms. The van der Waals surface area contributed by atoms with Crippen molar-refractivity contribution in [2.45, 2.75) is 12.8 Å². The van der Waals surface area contributed by atoms with Crippen molar-refractivity contribution in [1.82, 2.24) is 4.90 Å². The maximum absolute atomic E-state index is 12.3. The van der Waals surface area contributed by atoms with Gasteiger partial charge in [-0.1, -0.05) is 12.1 Å². The number of para-hydroxylation sites is 1. The summed E-state index contributed by atoms with van der Waals surface area (Å²) in [7, 11) is 0. The van der Waals surface area contributed by atoms with E-state index in [4.69, 9.17) is 5.53 Å². The molecule has 0 unspecified atom stereocenters. The van der Waals surface area contributed by atoms with Crippen molar-refractivity contribution in [2.24, 2.45) is 4.99 Å². The van der Waals surface area contributed by atoms with Gasteiger partial charge in [-0.05, 0) is 25.0 Å². The SMILES string of the molecule is [N-]=[N+]=C1C(C(=O)N2CCCC2)=Nc2ccccc21. The standard InChI is InChI=1S/C13H12N4O/c14-16-11-9-5-1-2-6-10(9)15-12(11)13(18)17-7-3-4-8-17/h1-2,5-6H,3-4,7-8H2. The fraction of sp³-hybridized carbons (Fsp3) is 0.308. The second-order valence-electron chi connectivity index (χ2n) is 4.43. The lowest BCUT2D eigenvalue weighted by molar-refractivity contribution is -0.123. The number of hydrogen-bond acceptors (Lipinski definition) is 2. The van der Waals surface area contributed by atoms with Crippen molar-refractivity contribution in [2.75, 3.05) is 13.1 Å². The van der Waals surface area contributed by atoms with Crippen molar-refractivity contribution >= 4 is 23.0 Å². The predicted octanol–water partition coefficient (Wildman–Crippen LogP) is 1.41. The lowest BCUT2D eigenvalue weighted by Crippen LogP contribution is -2.37. The van der Waals surface area contributed by atoms with Crippen molar-refractivity contribution in [3.05, 3.63) is 35.4 Å². The van der Waals surface area contributed by atoms with E-state index >= 15 is 0 Å². The molecule has 1 aromatic carbocycles. The van der Waals surface area contributed by atoms with Crippen LogP contribution in [-0.4, -0.2) is 40.1 Å². The van der Waals surface area contributed by atoms with Gasteiger partial charge in [0.25, 0.3) is 5.91 Å². The molecule has 1 aromatic rings. The third-order valence-corrected chi connectivity index (χ3v) is 3.31. The van der Waals surface area contributed by atoms with E-state index in [1.807, 2.05) is 18.2 Å². The number of nitrogens with zero attached hydrogens (tertiary/aromatic N) is 4. The number of benzene rings is 1. The van der Waals surface area contributed by atoms with Gasteiger partial charge in [-0.15, -0.1) is 0 Å². The Hall–Kier alpha value is -2.26. The number of likely N-dealkylation sites (tertiary alicyclic amines) is 1. The highest BCUT2D eigenvalue weighted by Crippen LogP contribution is 2.26. The summed E-state index contributed by atoms with van der Waals surface area (Å²) < 4.78 is 0. The van der Waals surface area contributed by atoms with E-state index < -0.39 is 0 Å². The molecule has 1 saturated heterocycles. The smallest absolute Gasteiger partial charge is 0.355 e. The van der Waals surface area contributed by atoms with Crippen molar-refractivity contribution < 1.29 is 9.58 Å². The van der Waals surface area contributed by atoms with Crippen molar-refractivity contribution in [1.29, 1.82) is 0 Å².